The molecule has 0 spiro atoms. The van der Waals surface area contributed by atoms with Crippen molar-refractivity contribution in [2.24, 2.45) is 0 Å². The molecule has 1 heterocycles. The van der Waals surface area contributed by atoms with Crippen molar-refractivity contribution < 1.29 is 23.1 Å². The van der Waals surface area contributed by atoms with Crippen LogP contribution in [-0.4, -0.2) is 21.0 Å². The van der Waals surface area contributed by atoms with Gasteiger partial charge in [-0.3, -0.25) is 4.79 Å². The molecule has 3 aromatic rings. The van der Waals surface area contributed by atoms with Gasteiger partial charge in [-0.25, -0.2) is 9.97 Å². The minimum absolute atomic E-state index is 0.0811. The van der Waals surface area contributed by atoms with Crippen LogP contribution in [0, 0.1) is 0 Å². The van der Waals surface area contributed by atoms with Crippen molar-refractivity contribution in [3.05, 3.63) is 78.0 Å². The highest BCUT2D eigenvalue weighted by Crippen LogP contribution is 2.37. The summed E-state index contributed by atoms with van der Waals surface area (Å²) in [7, 11) is 0. The van der Waals surface area contributed by atoms with Gasteiger partial charge in [-0.15, -0.1) is 0 Å². The van der Waals surface area contributed by atoms with Crippen molar-refractivity contribution in [3.8, 4) is 11.3 Å². The molecule has 4 nitrogen and oxygen atoms in total. The van der Waals surface area contributed by atoms with Gasteiger partial charge in [0.2, 0.25) is 0 Å². The molecule has 1 aromatic heterocycles. The van der Waals surface area contributed by atoms with Gasteiger partial charge in [0.25, 0.3) is 0 Å². The number of carboxylic acid groups (broad SMARTS) is 1. The third-order valence-corrected chi connectivity index (χ3v) is 4.72. The molecule has 8 heteroatoms. The second kappa shape index (κ2) is 7.79. The van der Waals surface area contributed by atoms with Crippen LogP contribution in [0.4, 0.5) is 13.2 Å². The Morgan fingerprint density at radius 2 is 1.56 bits per heavy atom. The van der Waals surface area contributed by atoms with Crippen LogP contribution >= 0.6 is 11.8 Å². The van der Waals surface area contributed by atoms with E-state index in [-0.39, 0.29) is 10.9 Å². The number of halogens is 3. The van der Waals surface area contributed by atoms with E-state index in [4.69, 9.17) is 0 Å². The number of benzene rings is 2. The van der Waals surface area contributed by atoms with E-state index in [1.807, 2.05) is 0 Å². The molecule has 0 fully saturated rings. The van der Waals surface area contributed by atoms with Crippen molar-refractivity contribution in [3.63, 3.8) is 0 Å². The van der Waals surface area contributed by atoms with Gasteiger partial charge in [0, 0.05) is 5.56 Å². The van der Waals surface area contributed by atoms with Gasteiger partial charge in [-0.1, -0.05) is 72.4 Å². The second-order valence-electron chi connectivity index (χ2n) is 5.53. The SMILES string of the molecule is O=C(O)[C@H](Sc1nc(-c2ccccc2)cc(C(F)(F)F)n1)c1ccccc1. The van der Waals surface area contributed by atoms with Crippen molar-refractivity contribution >= 4 is 17.7 Å². The zero-order valence-corrected chi connectivity index (χ0v) is 14.5. The van der Waals surface area contributed by atoms with Crippen molar-refractivity contribution in [1.29, 1.82) is 0 Å². The zero-order chi connectivity index (χ0) is 19.4. The van der Waals surface area contributed by atoms with E-state index in [9.17, 15) is 23.1 Å². The van der Waals surface area contributed by atoms with E-state index in [2.05, 4.69) is 9.97 Å². The highest BCUT2D eigenvalue weighted by atomic mass is 32.2. The molecule has 27 heavy (non-hydrogen) atoms. The molecule has 3 rings (SSSR count). The second-order valence-corrected chi connectivity index (χ2v) is 6.60. The maximum Gasteiger partial charge on any atom is 0.433 e. The summed E-state index contributed by atoms with van der Waals surface area (Å²) in [6, 6.07) is 17.5. The summed E-state index contributed by atoms with van der Waals surface area (Å²) in [6.07, 6.45) is -4.67. The summed E-state index contributed by atoms with van der Waals surface area (Å²) >= 11 is 0.667. The number of rotatable bonds is 5. The van der Waals surface area contributed by atoms with E-state index < -0.39 is 23.1 Å². The average molecular weight is 390 g/mol. The Bertz CT molecular complexity index is 935. The third-order valence-electron chi connectivity index (χ3n) is 3.62. The minimum Gasteiger partial charge on any atom is -0.480 e. The van der Waals surface area contributed by atoms with Crippen LogP contribution in [0.2, 0.25) is 0 Å². The molecule has 138 valence electrons. The van der Waals surface area contributed by atoms with Crippen LogP contribution in [-0.2, 0) is 11.0 Å². The topological polar surface area (TPSA) is 63.1 Å². The number of nitrogens with zero attached hydrogens (tertiary/aromatic N) is 2. The van der Waals surface area contributed by atoms with Crippen LogP contribution < -0.4 is 0 Å². The van der Waals surface area contributed by atoms with Crippen molar-refractivity contribution in [2.75, 3.05) is 0 Å². The van der Waals surface area contributed by atoms with Gasteiger partial charge in [0.05, 0.1) is 5.69 Å². The maximum atomic E-state index is 13.3. The summed E-state index contributed by atoms with van der Waals surface area (Å²) in [5.74, 6) is -1.19. The van der Waals surface area contributed by atoms with Crippen molar-refractivity contribution in [2.45, 2.75) is 16.6 Å². The highest BCUT2D eigenvalue weighted by Gasteiger charge is 2.34. The molecule has 0 amide bonds. The molecule has 0 saturated heterocycles. The number of alkyl halides is 3. The Labute approximate surface area is 157 Å². The largest absolute Gasteiger partial charge is 0.480 e. The lowest BCUT2D eigenvalue weighted by molar-refractivity contribution is -0.141. The Balaban J connectivity index is 2.05. The fourth-order valence-electron chi connectivity index (χ4n) is 2.37. The molecule has 1 N–H and O–H groups in total. The van der Waals surface area contributed by atoms with Crippen molar-refractivity contribution in [1.82, 2.24) is 9.97 Å². The maximum absolute atomic E-state index is 13.3. The summed E-state index contributed by atoms with van der Waals surface area (Å²) in [4.78, 5) is 19.3. The van der Waals surface area contributed by atoms with E-state index in [0.29, 0.717) is 22.9 Å². The van der Waals surface area contributed by atoms with E-state index in [0.717, 1.165) is 6.07 Å². The normalized spacial score (nSPS) is 12.6. The number of thioether (sulfide) groups is 1. The van der Waals surface area contributed by atoms with Crippen LogP contribution in [0.25, 0.3) is 11.3 Å². The van der Waals surface area contributed by atoms with Crippen LogP contribution in [0.15, 0.2) is 71.9 Å². The quantitative estimate of drug-likeness (QED) is 0.486. The smallest absolute Gasteiger partial charge is 0.433 e. The first kappa shape index (κ1) is 18.9. The predicted octanol–water partition coefficient (Wildman–Crippen LogP) is 5.08. The van der Waals surface area contributed by atoms with Gasteiger partial charge in [-0.05, 0) is 11.6 Å². The molecule has 0 saturated carbocycles. The lowest BCUT2D eigenvalue weighted by Gasteiger charge is -2.14. The molecular weight excluding hydrogens is 377 g/mol. The minimum atomic E-state index is -4.67. The molecule has 0 aliphatic rings. The molecular formula is C19H13F3N2O2S. The van der Waals surface area contributed by atoms with E-state index in [1.165, 1.54) is 0 Å². The first-order valence-corrected chi connectivity index (χ1v) is 8.68. The molecule has 0 unspecified atom stereocenters. The zero-order valence-electron chi connectivity index (χ0n) is 13.7. The summed E-state index contributed by atoms with van der Waals surface area (Å²) < 4.78 is 39.8. The Kier molecular flexibility index (Phi) is 5.46. The summed E-state index contributed by atoms with van der Waals surface area (Å²) in [5, 5.41) is 8.13. The summed E-state index contributed by atoms with van der Waals surface area (Å²) in [5.41, 5.74) is -0.107. The number of hydrogen-bond donors (Lipinski definition) is 1. The van der Waals surface area contributed by atoms with E-state index >= 15 is 0 Å². The first-order valence-electron chi connectivity index (χ1n) is 7.80. The standard InChI is InChI=1S/C19H13F3N2O2S/c20-19(21,22)15-11-14(12-7-3-1-4-8-12)23-18(24-15)27-16(17(25)26)13-9-5-2-6-10-13/h1-11,16H,(H,25,26)/t16-/m1/s1. The number of carboxylic acids is 1. The number of aromatic nitrogens is 2. The molecule has 0 radical (unpaired) electrons. The fraction of sp³-hybridized carbons (Fsp3) is 0.105. The van der Waals surface area contributed by atoms with Gasteiger partial charge in [-0.2, -0.15) is 13.2 Å². The van der Waals surface area contributed by atoms with Crippen LogP contribution in [0.5, 0.6) is 0 Å². The Morgan fingerprint density at radius 3 is 2.11 bits per heavy atom. The lowest BCUT2D eigenvalue weighted by Crippen LogP contribution is -2.12. The number of hydrogen-bond acceptors (Lipinski definition) is 4. The molecule has 0 aliphatic carbocycles. The Hall–Kier alpha value is -2.87. The fourth-order valence-corrected chi connectivity index (χ4v) is 3.28. The molecule has 1 atom stereocenters. The van der Waals surface area contributed by atoms with Gasteiger partial charge < -0.3 is 5.11 Å². The summed E-state index contributed by atoms with van der Waals surface area (Å²) in [6.45, 7) is 0. The van der Waals surface area contributed by atoms with E-state index in [1.54, 1.807) is 60.7 Å². The molecule has 0 bridgehead atoms. The first-order chi connectivity index (χ1) is 12.8. The van der Waals surface area contributed by atoms with Crippen LogP contribution in [0.1, 0.15) is 16.5 Å². The molecule has 0 aliphatic heterocycles. The van der Waals surface area contributed by atoms with Gasteiger partial charge in [0.1, 0.15) is 10.9 Å². The van der Waals surface area contributed by atoms with Gasteiger partial charge >= 0.3 is 12.1 Å². The monoisotopic (exact) mass is 390 g/mol. The van der Waals surface area contributed by atoms with Gasteiger partial charge in [0.15, 0.2) is 5.16 Å². The highest BCUT2D eigenvalue weighted by molar-refractivity contribution is 8.00. The average Bonchev–Trinajstić information content (AvgIpc) is 2.66. The number of carbonyl (C=O) groups is 1. The van der Waals surface area contributed by atoms with Crippen LogP contribution in [0.3, 0.4) is 0 Å². The predicted molar refractivity (Wildman–Crippen MR) is 95.1 cm³/mol. The third kappa shape index (κ3) is 4.65. The lowest BCUT2D eigenvalue weighted by atomic mass is 10.1. The Morgan fingerprint density at radius 1 is 0.963 bits per heavy atom. The number of aliphatic carboxylic acids is 1. The molecule has 2 aromatic carbocycles.